The van der Waals surface area contributed by atoms with Gasteiger partial charge in [0.05, 0.1) is 12.3 Å². The number of amides is 1. The van der Waals surface area contributed by atoms with E-state index in [0.717, 1.165) is 11.1 Å². The van der Waals surface area contributed by atoms with E-state index in [0.29, 0.717) is 11.4 Å². The van der Waals surface area contributed by atoms with Gasteiger partial charge in [0, 0.05) is 14.0 Å². The minimum absolute atomic E-state index is 0.0935. The first-order valence-corrected chi connectivity index (χ1v) is 7.32. The standard InChI is InChI=1S/C17H25NO4/c1-8-21-16(20)18(7)14-10-13(17(4,5)6)9-11(2)15(14)22-12(3)19/h9-10H,8H2,1-7H3. The quantitative estimate of drug-likeness (QED) is 0.629. The number of carbonyl (C=O) groups excluding carboxylic acids is 2. The Morgan fingerprint density at radius 1 is 1.23 bits per heavy atom. The van der Waals surface area contributed by atoms with Gasteiger partial charge >= 0.3 is 12.1 Å². The zero-order valence-electron chi connectivity index (χ0n) is 14.4. The van der Waals surface area contributed by atoms with Gasteiger partial charge in [-0.2, -0.15) is 0 Å². The molecule has 1 aromatic rings. The Balaban J connectivity index is 3.44. The van der Waals surface area contributed by atoms with E-state index < -0.39 is 12.1 Å². The van der Waals surface area contributed by atoms with Crippen LogP contribution in [0.5, 0.6) is 5.75 Å². The van der Waals surface area contributed by atoms with Gasteiger partial charge < -0.3 is 9.47 Å². The van der Waals surface area contributed by atoms with E-state index in [1.807, 2.05) is 19.1 Å². The van der Waals surface area contributed by atoms with E-state index in [2.05, 4.69) is 20.8 Å². The average Bonchev–Trinajstić information content (AvgIpc) is 2.38. The second kappa shape index (κ2) is 6.81. The number of rotatable bonds is 3. The summed E-state index contributed by atoms with van der Waals surface area (Å²) in [6, 6.07) is 3.84. The third kappa shape index (κ3) is 4.23. The summed E-state index contributed by atoms with van der Waals surface area (Å²) in [5.74, 6) is -0.0406. The van der Waals surface area contributed by atoms with Crippen LogP contribution in [0.2, 0.25) is 0 Å². The molecule has 0 aliphatic carbocycles. The van der Waals surface area contributed by atoms with E-state index in [1.165, 1.54) is 11.8 Å². The fourth-order valence-electron chi connectivity index (χ4n) is 2.03. The number of hydrogen-bond donors (Lipinski definition) is 0. The lowest BCUT2D eigenvalue weighted by atomic mass is 9.85. The number of aryl methyl sites for hydroxylation is 1. The van der Waals surface area contributed by atoms with Crippen LogP contribution in [0.25, 0.3) is 0 Å². The van der Waals surface area contributed by atoms with Gasteiger partial charge in [0.1, 0.15) is 0 Å². The Morgan fingerprint density at radius 2 is 1.82 bits per heavy atom. The fourth-order valence-corrected chi connectivity index (χ4v) is 2.03. The average molecular weight is 307 g/mol. The van der Waals surface area contributed by atoms with Crippen molar-refractivity contribution in [1.29, 1.82) is 0 Å². The molecule has 1 rings (SSSR count). The molecule has 0 fully saturated rings. The van der Waals surface area contributed by atoms with Gasteiger partial charge in [-0.1, -0.05) is 26.8 Å². The topological polar surface area (TPSA) is 55.8 Å². The Kier molecular flexibility index (Phi) is 5.58. The molecule has 0 radical (unpaired) electrons. The highest BCUT2D eigenvalue weighted by molar-refractivity contribution is 5.90. The van der Waals surface area contributed by atoms with E-state index >= 15 is 0 Å². The predicted molar refractivity (Wildman–Crippen MR) is 86.6 cm³/mol. The molecule has 0 aliphatic rings. The lowest BCUT2D eigenvalue weighted by Gasteiger charge is -2.26. The zero-order valence-corrected chi connectivity index (χ0v) is 14.4. The minimum atomic E-state index is -0.485. The number of nitrogens with zero attached hydrogens (tertiary/aromatic N) is 1. The van der Waals surface area contributed by atoms with Crippen molar-refractivity contribution in [2.24, 2.45) is 0 Å². The molecule has 0 unspecified atom stereocenters. The molecule has 1 aromatic carbocycles. The van der Waals surface area contributed by atoms with E-state index in [1.54, 1.807) is 14.0 Å². The highest BCUT2D eigenvalue weighted by Crippen LogP contribution is 2.37. The highest BCUT2D eigenvalue weighted by Gasteiger charge is 2.24. The molecule has 122 valence electrons. The van der Waals surface area contributed by atoms with Gasteiger partial charge in [-0.25, -0.2) is 4.79 Å². The zero-order chi connectivity index (χ0) is 17.1. The van der Waals surface area contributed by atoms with Crippen molar-refractivity contribution in [2.75, 3.05) is 18.6 Å². The van der Waals surface area contributed by atoms with Crippen LogP contribution in [0, 0.1) is 6.92 Å². The van der Waals surface area contributed by atoms with Crippen LogP contribution in [0.3, 0.4) is 0 Å². The summed E-state index contributed by atoms with van der Waals surface area (Å²) in [4.78, 5) is 24.7. The molecule has 0 aromatic heterocycles. The van der Waals surface area contributed by atoms with Crippen molar-refractivity contribution >= 4 is 17.7 Å². The molecular formula is C17H25NO4. The van der Waals surface area contributed by atoms with Crippen molar-refractivity contribution in [2.45, 2.75) is 47.0 Å². The second-order valence-corrected chi connectivity index (χ2v) is 6.24. The normalized spacial score (nSPS) is 11.0. The first-order chi connectivity index (χ1) is 10.1. The first-order valence-electron chi connectivity index (χ1n) is 7.32. The Hall–Kier alpha value is -2.04. The van der Waals surface area contributed by atoms with Crippen LogP contribution in [-0.2, 0) is 14.9 Å². The molecule has 5 heteroatoms. The summed E-state index contributed by atoms with van der Waals surface area (Å²) >= 11 is 0. The van der Waals surface area contributed by atoms with Crippen LogP contribution < -0.4 is 9.64 Å². The molecule has 0 atom stereocenters. The van der Waals surface area contributed by atoms with Crippen LogP contribution in [0.4, 0.5) is 10.5 Å². The van der Waals surface area contributed by atoms with Crippen molar-refractivity contribution in [3.8, 4) is 5.75 Å². The third-order valence-corrected chi connectivity index (χ3v) is 3.27. The molecule has 0 saturated carbocycles. The van der Waals surface area contributed by atoms with Crippen molar-refractivity contribution < 1.29 is 19.1 Å². The predicted octanol–water partition coefficient (Wildman–Crippen LogP) is 3.81. The molecule has 0 bridgehead atoms. The maximum atomic E-state index is 12.0. The summed E-state index contributed by atoms with van der Waals surface area (Å²) in [6.45, 7) is 11.5. The van der Waals surface area contributed by atoms with Crippen LogP contribution in [0.1, 0.15) is 45.7 Å². The van der Waals surface area contributed by atoms with Crippen LogP contribution >= 0.6 is 0 Å². The molecule has 0 aliphatic heterocycles. The molecule has 0 N–H and O–H groups in total. The van der Waals surface area contributed by atoms with Crippen LogP contribution in [-0.4, -0.2) is 25.7 Å². The molecular weight excluding hydrogens is 282 g/mol. The lowest BCUT2D eigenvalue weighted by Crippen LogP contribution is -2.28. The van der Waals surface area contributed by atoms with Gasteiger partial charge in [-0.3, -0.25) is 9.69 Å². The Labute approximate surface area is 132 Å². The van der Waals surface area contributed by atoms with Gasteiger partial charge in [0.15, 0.2) is 5.75 Å². The largest absolute Gasteiger partial charge is 0.449 e. The number of anilines is 1. The van der Waals surface area contributed by atoms with E-state index in [-0.39, 0.29) is 12.0 Å². The smallest absolute Gasteiger partial charge is 0.414 e. The minimum Gasteiger partial charge on any atom is -0.449 e. The summed E-state index contributed by atoms with van der Waals surface area (Å²) in [5.41, 5.74) is 2.28. The number of hydrogen-bond acceptors (Lipinski definition) is 4. The summed E-state index contributed by atoms with van der Waals surface area (Å²) in [6.07, 6.45) is -0.485. The fraction of sp³-hybridized carbons (Fsp3) is 0.529. The van der Waals surface area contributed by atoms with Gasteiger partial charge in [0.2, 0.25) is 0 Å². The van der Waals surface area contributed by atoms with E-state index in [9.17, 15) is 9.59 Å². The highest BCUT2D eigenvalue weighted by atomic mass is 16.6. The maximum Gasteiger partial charge on any atom is 0.414 e. The number of benzene rings is 1. The molecule has 0 heterocycles. The first kappa shape index (κ1) is 18.0. The molecule has 0 saturated heterocycles. The Morgan fingerprint density at radius 3 is 2.27 bits per heavy atom. The summed E-state index contributed by atoms with van der Waals surface area (Å²) < 4.78 is 10.3. The second-order valence-electron chi connectivity index (χ2n) is 6.24. The summed E-state index contributed by atoms with van der Waals surface area (Å²) in [5, 5.41) is 0. The molecule has 0 spiro atoms. The molecule has 5 nitrogen and oxygen atoms in total. The molecule has 22 heavy (non-hydrogen) atoms. The number of carbonyl (C=O) groups is 2. The Bertz CT molecular complexity index is 573. The maximum absolute atomic E-state index is 12.0. The number of esters is 1. The number of ether oxygens (including phenoxy) is 2. The van der Waals surface area contributed by atoms with Gasteiger partial charge in [-0.05, 0) is 36.5 Å². The summed E-state index contributed by atoms with van der Waals surface area (Å²) in [7, 11) is 1.60. The molecule has 1 amide bonds. The SMILES string of the molecule is CCOC(=O)N(C)c1cc(C(C)(C)C)cc(C)c1OC(C)=O. The van der Waals surface area contributed by atoms with Gasteiger partial charge in [0.25, 0.3) is 0 Å². The van der Waals surface area contributed by atoms with Gasteiger partial charge in [-0.15, -0.1) is 0 Å². The van der Waals surface area contributed by atoms with Crippen molar-refractivity contribution in [3.05, 3.63) is 23.3 Å². The van der Waals surface area contributed by atoms with Crippen molar-refractivity contribution in [1.82, 2.24) is 0 Å². The van der Waals surface area contributed by atoms with Crippen molar-refractivity contribution in [3.63, 3.8) is 0 Å². The lowest BCUT2D eigenvalue weighted by molar-refractivity contribution is -0.131. The van der Waals surface area contributed by atoms with Crippen LogP contribution in [0.15, 0.2) is 12.1 Å². The van der Waals surface area contributed by atoms with E-state index in [4.69, 9.17) is 9.47 Å². The monoisotopic (exact) mass is 307 g/mol. The third-order valence-electron chi connectivity index (χ3n) is 3.27.